The van der Waals surface area contributed by atoms with Crippen LogP contribution >= 0.6 is 31.9 Å². The number of alkyl halides is 1. The van der Waals surface area contributed by atoms with Crippen LogP contribution in [-0.2, 0) is 4.74 Å². The highest BCUT2D eigenvalue weighted by Gasteiger charge is 2.36. The first-order valence-corrected chi connectivity index (χ1v) is 8.22. The van der Waals surface area contributed by atoms with Crippen molar-refractivity contribution in [2.75, 3.05) is 18.4 Å². The smallest absolute Gasteiger partial charge is 0.257 e. The Morgan fingerprint density at radius 1 is 1.55 bits per heavy atom. The largest absolute Gasteiger partial charge is 0.368 e. The lowest BCUT2D eigenvalue weighted by molar-refractivity contribution is -0.116. The molecule has 0 N–H and O–H groups in total. The van der Waals surface area contributed by atoms with E-state index in [2.05, 4.69) is 31.9 Å². The summed E-state index contributed by atoms with van der Waals surface area (Å²) in [6.45, 7) is 4.76. The molecule has 1 amide bonds. The van der Waals surface area contributed by atoms with Gasteiger partial charge in [-0.05, 0) is 41.9 Å². The molecule has 110 valence electrons. The maximum Gasteiger partial charge on any atom is 0.257 e. The number of benzene rings is 1. The van der Waals surface area contributed by atoms with Gasteiger partial charge in [-0.1, -0.05) is 22.0 Å². The molecule has 0 saturated carbocycles. The van der Waals surface area contributed by atoms with Crippen molar-refractivity contribution in [1.29, 1.82) is 0 Å². The van der Waals surface area contributed by atoms with Crippen LogP contribution in [0.5, 0.6) is 0 Å². The Labute approximate surface area is 134 Å². The Kier molecular flexibility index (Phi) is 4.87. The fraction of sp³-hybridized carbons (Fsp3) is 0.500. The number of hydrogen-bond acceptors (Lipinski definition) is 2. The van der Waals surface area contributed by atoms with E-state index in [0.717, 1.165) is 0 Å². The number of hydrogen-bond donors (Lipinski definition) is 0. The summed E-state index contributed by atoms with van der Waals surface area (Å²) in [7, 11) is 0. The van der Waals surface area contributed by atoms with Crippen LogP contribution in [0.25, 0.3) is 0 Å². The van der Waals surface area contributed by atoms with Crippen molar-refractivity contribution in [3.05, 3.63) is 34.1 Å². The maximum absolute atomic E-state index is 14.0. The van der Waals surface area contributed by atoms with Crippen LogP contribution in [0, 0.1) is 5.82 Å². The Morgan fingerprint density at radius 3 is 2.90 bits per heavy atom. The molecule has 1 heterocycles. The van der Waals surface area contributed by atoms with E-state index in [1.807, 2.05) is 13.8 Å². The molecule has 1 atom stereocenters. The molecule has 1 aromatic carbocycles. The average molecular weight is 409 g/mol. The molecule has 0 spiro atoms. The number of carbonyl (C=O) groups excluding carboxylic acids is 1. The molecule has 2 rings (SSSR count). The quantitative estimate of drug-likeness (QED) is 0.699. The van der Waals surface area contributed by atoms with Crippen molar-refractivity contribution in [3.63, 3.8) is 0 Å². The van der Waals surface area contributed by atoms with Crippen molar-refractivity contribution in [2.45, 2.75) is 25.6 Å². The van der Waals surface area contributed by atoms with Crippen molar-refractivity contribution in [1.82, 2.24) is 4.90 Å². The molecular weight excluding hydrogens is 393 g/mol. The van der Waals surface area contributed by atoms with Crippen molar-refractivity contribution < 1.29 is 13.9 Å². The molecule has 0 bridgehead atoms. The first-order chi connectivity index (χ1) is 9.34. The lowest BCUT2D eigenvalue weighted by Crippen LogP contribution is -2.55. The lowest BCUT2D eigenvalue weighted by Gasteiger charge is -2.42. The summed E-state index contributed by atoms with van der Waals surface area (Å²) in [5.74, 6) is -0.816. The maximum atomic E-state index is 14.0. The summed E-state index contributed by atoms with van der Waals surface area (Å²) >= 11 is 6.49. The highest BCUT2D eigenvalue weighted by Crippen LogP contribution is 2.25. The predicted octanol–water partition coefficient (Wildman–Crippen LogP) is 3.60. The number of rotatable bonds is 2. The van der Waals surface area contributed by atoms with E-state index in [-0.39, 0.29) is 17.6 Å². The number of carbonyl (C=O) groups is 1. The summed E-state index contributed by atoms with van der Waals surface area (Å²) < 4.78 is 20.2. The Morgan fingerprint density at radius 2 is 2.25 bits per heavy atom. The van der Waals surface area contributed by atoms with Crippen molar-refractivity contribution in [2.24, 2.45) is 0 Å². The summed E-state index contributed by atoms with van der Waals surface area (Å²) in [6.07, 6.45) is -0.0853. The van der Waals surface area contributed by atoms with E-state index >= 15 is 0 Å². The Bertz CT molecular complexity index is 522. The zero-order valence-electron chi connectivity index (χ0n) is 11.3. The topological polar surface area (TPSA) is 29.5 Å². The Balaban J connectivity index is 2.26. The monoisotopic (exact) mass is 407 g/mol. The third kappa shape index (κ3) is 3.40. The van der Waals surface area contributed by atoms with Crippen LogP contribution in [0.4, 0.5) is 4.39 Å². The number of amides is 1. The molecular formula is C14H16Br2FNO2. The van der Waals surface area contributed by atoms with E-state index in [1.165, 1.54) is 6.07 Å². The van der Waals surface area contributed by atoms with Gasteiger partial charge in [-0.25, -0.2) is 4.39 Å². The molecule has 6 heteroatoms. The molecule has 3 nitrogen and oxygen atoms in total. The van der Waals surface area contributed by atoms with Crippen LogP contribution in [0.3, 0.4) is 0 Å². The summed E-state index contributed by atoms with van der Waals surface area (Å²) in [6, 6.07) is 4.75. The third-order valence-corrected chi connectivity index (χ3v) is 4.46. The summed E-state index contributed by atoms with van der Waals surface area (Å²) in [4.78, 5) is 14.2. The lowest BCUT2D eigenvalue weighted by atomic mass is 10.0. The molecule has 1 aliphatic rings. The predicted molar refractivity (Wildman–Crippen MR) is 82.7 cm³/mol. The molecule has 0 aliphatic carbocycles. The molecule has 1 aliphatic heterocycles. The van der Waals surface area contributed by atoms with E-state index in [0.29, 0.717) is 22.9 Å². The standard InChI is InChI=1S/C14H16Br2FNO2/c1-14(2)8-18(7-9(6-15)20-14)13(19)10-4-3-5-11(16)12(10)17/h3-5,9H,6-8H2,1-2H3. The van der Waals surface area contributed by atoms with Gasteiger partial charge in [0.15, 0.2) is 0 Å². The highest BCUT2D eigenvalue weighted by atomic mass is 79.9. The van der Waals surface area contributed by atoms with Gasteiger partial charge in [0, 0.05) is 18.4 Å². The molecule has 20 heavy (non-hydrogen) atoms. The molecule has 0 aromatic heterocycles. The van der Waals surface area contributed by atoms with Gasteiger partial charge >= 0.3 is 0 Å². The van der Waals surface area contributed by atoms with Gasteiger partial charge in [-0.15, -0.1) is 0 Å². The fourth-order valence-corrected chi connectivity index (χ4v) is 3.07. The first-order valence-electron chi connectivity index (χ1n) is 6.31. The van der Waals surface area contributed by atoms with Crippen molar-refractivity contribution in [3.8, 4) is 0 Å². The molecule has 1 aromatic rings. The minimum absolute atomic E-state index is 0.0853. The zero-order chi connectivity index (χ0) is 14.9. The highest BCUT2D eigenvalue weighted by molar-refractivity contribution is 9.10. The second-order valence-corrected chi connectivity index (χ2v) is 6.94. The second-order valence-electron chi connectivity index (χ2n) is 5.44. The minimum Gasteiger partial charge on any atom is -0.368 e. The number of ether oxygens (including phenoxy) is 1. The van der Waals surface area contributed by atoms with Gasteiger partial charge in [0.25, 0.3) is 5.91 Å². The van der Waals surface area contributed by atoms with Gasteiger partial charge < -0.3 is 9.64 Å². The number of nitrogens with zero attached hydrogens (tertiary/aromatic N) is 1. The van der Waals surface area contributed by atoms with Gasteiger partial charge in [0.1, 0.15) is 5.82 Å². The van der Waals surface area contributed by atoms with Crippen LogP contribution < -0.4 is 0 Å². The van der Waals surface area contributed by atoms with Crippen LogP contribution in [0.1, 0.15) is 24.2 Å². The van der Waals surface area contributed by atoms with Crippen LogP contribution in [0.15, 0.2) is 22.7 Å². The van der Waals surface area contributed by atoms with Gasteiger partial charge in [-0.2, -0.15) is 0 Å². The van der Waals surface area contributed by atoms with E-state index in [1.54, 1.807) is 17.0 Å². The van der Waals surface area contributed by atoms with Gasteiger partial charge in [0.2, 0.25) is 0 Å². The Hall–Kier alpha value is -0.460. The molecule has 1 fully saturated rings. The minimum atomic E-state index is -0.516. The molecule has 0 radical (unpaired) electrons. The van der Waals surface area contributed by atoms with Crippen LogP contribution in [0.2, 0.25) is 0 Å². The van der Waals surface area contributed by atoms with Crippen molar-refractivity contribution >= 4 is 37.8 Å². The zero-order valence-corrected chi connectivity index (χ0v) is 14.5. The first kappa shape index (κ1) is 15.9. The SMILES string of the molecule is CC1(C)CN(C(=O)c2cccc(Br)c2F)CC(CBr)O1. The average Bonchev–Trinajstić information content (AvgIpc) is 2.39. The van der Waals surface area contributed by atoms with Crippen LogP contribution in [-0.4, -0.2) is 40.9 Å². The molecule has 1 saturated heterocycles. The third-order valence-electron chi connectivity index (χ3n) is 3.12. The molecule has 1 unspecified atom stereocenters. The van der Waals surface area contributed by atoms with Gasteiger partial charge in [0.05, 0.1) is 21.7 Å². The van der Waals surface area contributed by atoms with E-state index in [9.17, 15) is 9.18 Å². The fourth-order valence-electron chi connectivity index (χ4n) is 2.37. The normalized spacial score (nSPS) is 21.9. The number of halogens is 3. The van der Waals surface area contributed by atoms with Gasteiger partial charge in [-0.3, -0.25) is 4.79 Å². The number of morpholine rings is 1. The second kappa shape index (κ2) is 6.12. The summed E-state index contributed by atoms with van der Waals surface area (Å²) in [5, 5.41) is 0.640. The van der Waals surface area contributed by atoms with E-state index < -0.39 is 11.4 Å². The summed E-state index contributed by atoms with van der Waals surface area (Å²) in [5.41, 5.74) is -0.347. The van der Waals surface area contributed by atoms with E-state index in [4.69, 9.17) is 4.74 Å².